The van der Waals surface area contributed by atoms with E-state index in [0.717, 1.165) is 44.5 Å². The van der Waals surface area contributed by atoms with E-state index in [9.17, 15) is 0 Å². The molecule has 0 bridgehead atoms. The van der Waals surface area contributed by atoms with Gasteiger partial charge in [0.15, 0.2) is 11.2 Å². The third-order valence-electron chi connectivity index (χ3n) is 12.6. The minimum Gasteiger partial charge on any atom is -0.436 e. The average Bonchev–Trinajstić information content (AvgIpc) is 4.00. The van der Waals surface area contributed by atoms with Gasteiger partial charge in [0.2, 0.25) is 11.8 Å². The van der Waals surface area contributed by atoms with Crippen LogP contribution in [-0.4, -0.2) is 9.97 Å². The second kappa shape index (κ2) is 12.1. The topological polar surface area (TPSA) is 52.1 Å². The van der Waals surface area contributed by atoms with Gasteiger partial charge in [0.25, 0.3) is 0 Å². The van der Waals surface area contributed by atoms with Crippen LogP contribution in [0, 0.1) is 0 Å². The lowest BCUT2D eigenvalue weighted by Crippen LogP contribution is -2.40. The van der Waals surface area contributed by atoms with Crippen LogP contribution in [0.1, 0.15) is 47.2 Å². The average molecular weight is 745 g/mol. The molecule has 2 aliphatic carbocycles. The fraction of sp³-hybridized carbons (Fsp3) is 0.0741. The Morgan fingerprint density at radius 1 is 0.362 bits per heavy atom. The summed E-state index contributed by atoms with van der Waals surface area (Å²) in [7, 11) is 0. The highest BCUT2D eigenvalue weighted by Gasteiger charge is 2.53. The molecule has 0 N–H and O–H groups in total. The number of oxazole rings is 2. The Kier molecular flexibility index (Phi) is 6.86. The first-order valence-electron chi connectivity index (χ1n) is 19.9. The third kappa shape index (κ3) is 4.57. The van der Waals surface area contributed by atoms with Crippen molar-refractivity contribution in [3.05, 3.63) is 215 Å². The van der Waals surface area contributed by atoms with Crippen LogP contribution in [0.2, 0.25) is 0 Å². The van der Waals surface area contributed by atoms with Crippen molar-refractivity contribution >= 4 is 22.2 Å². The van der Waals surface area contributed by atoms with E-state index < -0.39 is 5.41 Å². The van der Waals surface area contributed by atoms with Crippen LogP contribution in [0.15, 0.2) is 191 Å². The summed E-state index contributed by atoms with van der Waals surface area (Å²) in [6.07, 6.45) is 0. The molecule has 4 nitrogen and oxygen atoms in total. The molecule has 0 fully saturated rings. The van der Waals surface area contributed by atoms with Gasteiger partial charge in [0.1, 0.15) is 11.0 Å². The molecule has 274 valence electrons. The Morgan fingerprint density at radius 2 is 0.810 bits per heavy atom. The molecule has 0 atom stereocenters. The number of nitrogens with zero attached hydrogens (tertiary/aromatic N) is 2. The maximum atomic E-state index is 6.28. The fourth-order valence-corrected chi connectivity index (χ4v) is 10.0. The quantitative estimate of drug-likeness (QED) is 0.180. The van der Waals surface area contributed by atoms with Crippen molar-refractivity contribution in [1.29, 1.82) is 0 Å². The number of benzene rings is 8. The molecule has 0 amide bonds. The Bertz CT molecular complexity index is 3070. The number of aromatic nitrogens is 2. The van der Waals surface area contributed by atoms with Gasteiger partial charge in [0.05, 0.1) is 5.41 Å². The number of fused-ring (bicyclic) bond motifs is 11. The molecule has 0 saturated carbocycles. The molecule has 0 aliphatic heterocycles. The number of para-hydroxylation sites is 4. The molecule has 0 unspecified atom stereocenters. The Labute approximate surface area is 336 Å². The first kappa shape index (κ1) is 32.9. The molecule has 2 aromatic heterocycles. The van der Waals surface area contributed by atoms with Gasteiger partial charge in [-0.3, -0.25) is 0 Å². The van der Waals surface area contributed by atoms with Crippen LogP contribution in [0.3, 0.4) is 0 Å². The molecule has 2 heterocycles. The van der Waals surface area contributed by atoms with Crippen molar-refractivity contribution in [1.82, 2.24) is 9.97 Å². The maximum absolute atomic E-state index is 6.28. The minimum absolute atomic E-state index is 0.137. The standard InChI is InChI=1S/C54H36N2O2/c1-53(2)41-17-5-7-19-43(41)54(44-20-8-6-18-42(44)53)40-16-4-3-14-39(40)50-38(15-13-21-45(50)54)34-28-26-33(27-29-34)35-30-36(51-55-46-22-9-11-24-48(46)57-51)32-37(31-35)52-56-47-23-10-12-25-49(47)58-52/h3-32H,1-2H3. The van der Waals surface area contributed by atoms with Gasteiger partial charge in [-0.25, -0.2) is 9.97 Å². The highest BCUT2D eigenvalue weighted by molar-refractivity contribution is 5.97. The zero-order valence-electron chi connectivity index (χ0n) is 32.0. The predicted molar refractivity (Wildman–Crippen MR) is 233 cm³/mol. The fourth-order valence-electron chi connectivity index (χ4n) is 10.0. The van der Waals surface area contributed by atoms with Crippen molar-refractivity contribution < 1.29 is 8.83 Å². The third-order valence-corrected chi connectivity index (χ3v) is 12.6. The number of rotatable bonds is 4. The molecular weight excluding hydrogens is 709 g/mol. The van der Waals surface area contributed by atoms with E-state index in [-0.39, 0.29) is 5.41 Å². The molecule has 1 spiro atoms. The molecule has 12 rings (SSSR count). The lowest BCUT2D eigenvalue weighted by atomic mass is 9.55. The molecule has 0 radical (unpaired) electrons. The van der Waals surface area contributed by atoms with Crippen molar-refractivity contribution in [2.24, 2.45) is 0 Å². The summed E-state index contributed by atoms with van der Waals surface area (Å²) in [5, 5.41) is 0. The smallest absolute Gasteiger partial charge is 0.227 e. The summed E-state index contributed by atoms with van der Waals surface area (Å²) in [4.78, 5) is 9.71. The molecular formula is C54H36N2O2. The summed E-state index contributed by atoms with van der Waals surface area (Å²) in [6, 6.07) is 65.2. The van der Waals surface area contributed by atoms with Crippen LogP contribution in [0.25, 0.3) is 78.5 Å². The van der Waals surface area contributed by atoms with E-state index in [1.165, 1.54) is 55.6 Å². The van der Waals surface area contributed by atoms with Gasteiger partial charge < -0.3 is 8.83 Å². The molecule has 58 heavy (non-hydrogen) atoms. The first-order valence-corrected chi connectivity index (χ1v) is 19.9. The van der Waals surface area contributed by atoms with E-state index in [0.29, 0.717) is 11.8 Å². The second-order valence-corrected chi connectivity index (χ2v) is 16.1. The van der Waals surface area contributed by atoms with Crippen molar-refractivity contribution in [3.8, 4) is 56.3 Å². The zero-order chi connectivity index (χ0) is 38.6. The van der Waals surface area contributed by atoms with Crippen LogP contribution in [0.5, 0.6) is 0 Å². The monoisotopic (exact) mass is 744 g/mol. The van der Waals surface area contributed by atoms with E-state index in [1.54, 1.807) is 0 Å². The Balaban J connectivity index is 1.02. The predicted octanol–water partition coefficient (Wildman–Crippen LogP) is 13.6. The molecule has 0 saturated heterocycles. The Hall–Kier alpha value is -7.30. The van der Waals surface area contributed by atoms with Gasteiger partial charge in [0, 0.05) is 16.5 Å². The number of hydrogen-bond donors (Lipinski definition) is 0. The number of hydrogen-bond acceptors (Lipinski definition) is 4. The van der Waals surface area contributed by atoms with Gasteiger partial charge in [-0.2, -0.15) is 0 Å². The lowest BCUT2D eigenvalue weighted by Gasteiger charge is -2.46. The van der Waals surface area contributed by atoms with Crippen LogP contribution >= 0.6 is 0 Å². The first-order chi connectivity index (χ1) is 28.5. The highest BCUT2D eigenvalue weighted by Crippen LogP contribution is 2.63. The zero-order valence-corrected chi connectivity index (χ0v) is 32.0. The second-order valence-electron chi connectivity index (χ2n) is 16.1. The van der Waals surface area contributed by atoms with Crippen LogP contribution < -0.4 is 0 Å². The minimum atomic E-state index is -0.434. The van der Waals surface area contributed by atoms with Crippen molar-refractivity contribution in [2.45, 2.75) is 24.7 Å². The van der Waals surface area contributed by atoms with Gasteiger partial charge in [-0.1, -0.05) is 153 Å². The molecule has 10 aromatic rings. The maximum Gasteiger partial charge on any atom is 0.227 e. The highest BCUT2D eigenvalue weighted by atomic mass is 16.4. The summed E-state index contributed by atoms with van der Waals surface area (Å²) < 4.78 is 12.6. The van der Waals surface area contributed by atoms with Gasteiger partial charge >= 0.3 is 0 Å². The summed E-state index contributed by atoms with van der Waals surface area (Å²) in [5.74, 6) is 1.11. The van der Waals surface area contributed by atoms with E-state index >= 15 is 0 Å². The largest absolute Gasteiger partial charge is 0.436 e. The van der Waals surface area contributed by atoms with Gasteiger partial charge in [-0.05, 0) is 109 Å². The van der Waals surface area contributed by atoms with E-state index in [4.69, 9.17) is 18.8 Å². The summed E-state index contributed by atoms with van der Waals surface area (Å²) in [5.41, 5.74) is 19.5. The lowest BCUT2D eigenvalue weighted by molar-refractivity contribution is 0.563. The van der Waals surface area contributed by atoms with Crippen LogP contribution in [-0.2, 0) is 10.8 Å². The SMILES string of the molecule is CC1(C)c2ccccc2C2(c3ccccc3-c3c(-c4ccc(-c5cc(-c6nc7ccccc7o6)cc(-c6nc7ccccc7o6)c5)cc4)cccc32)c2ccccc21. The normalized spacial score (nSPS) is 14.3. The van der Waals surface area contributed by atoms with Crippen molar-refractivity contribution in [3.63, 3.8) is 0 Å². The van der Waals surface area contributed by atoms with E-state index in [1.807, 2.05) is 48.5 Å². The summed E-state index contributed by atoms with van der Waals surface area (Å²) >= 11 is 0. The molecule has 4 heteroatoms. The molecule has 8 aromatic carbocycles. The Morgan fingerprint density at radius 3 is 1.40 bits per heavy atom. The van der Waals surface area contributed by atoms with E-state index in [2.05, 4.69) is 147 Å². The molecule has 2 aliphatic rings. The van der Waals surface area contributed by atoms with Crippen LogP contribution in [0.4, 0.5) is 0 Å². The van der Waals surface area contributed by atoms with Gasteiger partial charge in [-0.15, -0.1) is 0 Å². The van der Waals surface area contributed by atoms with Crippen molar-refractivity contribution in [2.75, 3.05) is 0 Å². The summed E-state index contributed by atoms with van der Waals surface area (Å²) in [6.45, 7) is 4.74.